The molecule has 0 bridgehead atoms. The lowest BCUT2D eigenvalue weighted by Crippen LogP contribution is -2.24. The van der Waals surface area contributed by atoms with Gasteiger partial charge in [0.25, 0.3) is 0 Å². The average Bonchev–Trinajstić information content (AvgIpc) is 2.63. The van der Waals surface area contributed by atoms with Gasteiger partial charge in [0.05, 0.1) is 6.61 Å². The third-order valence-corrected chi connectivity index (χ3v) is 3.73. The molecular weight excluding hydrogens is 194 g/mol. The van der Waals surface area contributed by atoms with Gasteiger partial charge in [0.1, 0.15) is 0 Å². The number of nitrogens with one attached hydrogen (secondary N) is 1. The van der Waals surface area contributed by atoms with Gasteiger partial charge in [-0.15, -0.1) is 11.8 Å². The summed E-state index contributed by atoms with van der Waals surface area (Å²) in [6, 6.07) is 8.59. The van der Waals surface area contributed by atoms with Crippen molar-refractivity contribution in [3.8, 4) is 0 Å². The Labute approximate surface area is 88.7 Å². The molecule has 0 spiro atoms. The molecule has 1 atom stereocenters. The maximum atomic E-state index is 8.67. The molecule has 2 nitrogen and oxygen atoms in total. The van der Waals surface area contributed by atoms with Crippen molar-refractivity contribution in [1.29, 1.82) is 0 Å². The van der Waals surface area contributed by atoms with Gasteiger partial charge in [-0.2, -0.15) is 0 Å². The predicted molar refractivity (Wildman–Crippen MR) is 59.9 cm³/mol. The van der Waals surface area contributed by atoms with Crippen LogP contribution in [0, 0.1) is 0 Å². The lowest BCUT2D eigenvalue weighted by molar-refractivity contribution is 0.291. The van der Waals surface area contributed by atoms with Crippen molar-refractivity contribution in [3.05, 3.63) is 29.8 Å². The smallest absolute Gasteiger partial charge is 0.0555 e. The van der Waals surface area contributed by atoms with E-state index in [1.807, 2.05) is 11.8 Å². The van der Waals surface area contributed by atoms with Crippen LogP contribution in [0.25, 0.3) is 0 Å². The number of fused-ring (bicyclic) bond motifs is 1. The quantitative estimate of drug-likeness (QED) is 0.736. The first-order chi connectivity index (χ1) is 6.92. The Morgan fingerprint density at radius 2 is 2.29 bits per heavy atom. The van der Waals surface area contributed by atoms with Crippen LogP contribution < -0.4 is 5.32 Å². The average molecular weight is 209 g/mol. The molecule has 1 aliphatic heterocycles. The second-order valence-corrected chi connectivity index (χ2v) is 4.54. The molecule has 1 aromatic rings. The van der Waals surface area contributed by atoms with E-state index in [9.17, 15) is 0 Å². The minimum absolute atomic E-state index is 0.224. The van der Waals surface area contributed by atoms with Crippen LogP contribution >= 0.6 is 11.8 Å². The van der Waals surface area contributed by atoms with Gasteiger partial charge in [0.2, 0.25) is 0 Å². The van der Waals surface area contributed by atoms with Crippen LogP contribution in [0.1, 0.15) is 11.5 Å². The number of aliphatic hydroxyl groups excluding tert-OH is 1. The Morgan fingerprint density at radius 1 is 1.43 bits per heavy atom. The molecule has 2 rings (SSSR count). The molecule has 76 valence electrons. The largest absolute Gasteiger partial charge is 0.395 e. The number of aliphatic hydroxyl groups is 1. The van der Waals surface area contributed by atoms with Crippen LogP contribution in [0.4, 0.5) is 0 Å². The normalized spacial score (nSPS) is 19.6. The summed E-state index contributed by atoms with van der Waals surface area (Å²) in [5, 5.41) is 11.9. The third-order valence-electron chi connectivity index (χ3n) is 2.48. The van der Waals surface area contributed by atoms with E-state index in [1.165, 1.54) is 10.5 Å². The molecule has 14 heavy (non-hydrogen) atoms. The van der Waals surface area contributed by atoms with E-state index in [0.29, 0.717) is 12.5 Å². The summed E-state index contributed by atoms with van der Waals surface area (Å²) in [4.78, 5) is 1.42. The summed E-state index contributed by atoms with van der Waals surface area (Å²) in [5.74, 6) is 1.78. The standard InChI is InChI=1S/C11H15NOS/c13-6-5-12-7-9-8-14-11-4-2-1-3-10(9)11/h1-4,9,12-13H,5-8H2. The molecule has 0 aliphatic carbocycles. The number of hydrogen-bond acceptors (Lipinski definition) is 3. The van der Waals surface area contributed by atoms with E-state index in [2.05, 4.69) is 29.6 Å². The SMILES string of the molecule is OCCNCC1CSc2ccccc21. The summed E-state index contributed by atoms with van der Waals surface area (Å²) < 4.78 is 0. The Hall–Kier alpha value is -0.510. The van der Waals surface area contributed by atoms with Crippen LogP contribution in [-0.4, -0.2) is 30.6 Å². The van der Waals surface area contributed by atoms with Gasteiger partial charge < -0.3 is 10.4 Å². The number of rotatable bonds is 4. The summed E-state index contributed by atoms with van der Waals surface area (Å²) in [6.07, 6.45) is 0. The van der Waals surface area contributed by atoms with E-state index >= 15 is 0 Å². The molecule has 3 heteroatoms. The molecule has 1 unspecified atom stereocenters. The first kappa shape index (κ1) is 10.0. The van der Waals surface area contributed by atoms with E-state index in [-0.39, 0.29) is 6.61 Å². The van der Waals surface area contributed by atoms with E-state index < -0.39 is 0 Å². The van der Waals surface area contributed by atoms with Crippen LogP contribution in [0.3, 0.4) is 0 Å². The summed E-state index contributed by atoms with van der Waals surface area (Å²) in [7, 11) is 0. The van der Waals surface area contributed by atoms with Gasteiger partial charge in [-0.05, 0) is 11.6 Å². The molecule has 2 N–H and O–H groups in total. The lowest BCUT2D eigenvalue weighted by atomic mass is 10.0. The van der Waals surface area contributed by atoms with Crippen molar-refractivity contribution in [2.75, 3.05) is 25.4 Å². The summed E-state index contributed by atoms with van der Waals surface area (Å²) in [5.41, 5.74) is 1.46. The maximum Gasteiger partial charge on any atom is 0.0555 e. The maximum absolute atomic E-state index is 8.67. The Bertz CT molecular complexity index is 303. The molecule has 0 radical (unpaired) electrons. The highest BCUT2D eigenvalue weighted by molar-refractivity contribution is 7.99. The second kappa shape index (κ2) is 4.82. The zero-order valence-corrected chi connectivity index (χ0v) is 8.89. The summed E-state index contributed by atoms with van der Waals surface area (Å²) >= 11 is 1.93. The van der Waals surface area contributed by atoms with Gasteiger partial charge in [0, 0.05) is 29.7 Å². The fourth-order valence-electron chi connectivity index (χ4n) is 1.75. The highest BCUT2D eigenvalue weighted by atomic mass is 32.2. The van der Waals surface area contributed by atoms with Gasteiger partial charge in [-0.3, -0.25) is 0 Å². The third kappa shape index (κ3) is 2.11. The minimum Gasteiger partial charge on any atom is -0.395 e. The molecule has 0 aromatic heterocycles. The van der Waals surface area contributed by atoms with Crippen molar-refractivity contribution < 1.29 is 5.11 Å². The van der Waals surface area contributed by atoms with Crippen LogP contribution in [-0.2, 0) is 0 Å². The van der Waals surface area contributed by atoms with Crippen molar-refractivity contribution in [1.82, 2.24) is 5.32 Å². The lowest BCUT2D eigenvalue weighted by Gasteiger charge is -2.10. The molecular formula is C11H15NOS. The fraction of sp³-hybridized carbons (Fsp3) is 0.455. The zero-order chi connectivity index (χ0) is 9.80. The van der Waals surface area contributed by atoms with Gasteiger partial charge in [-0.1, -0.05) is 18.2 Å². The minimum atomic E-state index is 0.224. The highest BCUT2D eigenvalue weighted by Gasteiger charge is 2.21. The fourth-order valence-corrected chi connectivity index (χ4v) is 3.01. The van der Waals surface area contributed by atoms with E-state index in [1.54, 1.807) is 0 Å². The molecule has 0 fully saturated rings. The molecule has 0 amide bonds. The zero-order valence-electron chi connectivity index (χ0n) is 8.07. The van der Waals surface area contributed by atoms with Gasteiger partial charge >= 0.3 is 0 Å². The summed E-state index contributed by atoms with van der Waals surface area (Å²) in [6.45, 7) is 1.90. The van der Waals surface area contributed by atoms with Crippen molar-refractivity contribution in [2.24, 2.45) is 0 Å². The molecule has 0 saturated heterocycles. The van der Waals surface area contributed by atoms with Crippen molar-refractivity contribution in [3.63, 3.8) is 0 Å². The van der Waals surface area contributed by atoms with Crippen LogP contribution in [0.2, 0.25) is 0 Å². The molecule has 0 saturated carbocycles. The highest BCUT2D eigenvalue weighted by Crippen LogP contribution is 2.38. The first-order valence-corrected chi connectivity index (χ1v) is 5.93. The van der Waals surface area contributed by atoms with Crippen LogP contribution in [0.5, 0.6) is 0 Å². The number of benzene rings is 1. The molecule has 1 heterocycles. The Morgan fingerprint density at radius 3 is 3.14 bits per heavy atom. The first-order valence-electron chi connectivity index (χ1n) is 4.95. The topological polar surface area (TPSA) is 32.3 Å². The Balaban J connectivity index is 1.96. The molecule has 1 aromatic carbocycles. The van der Waals surface area contributed by atoms with Gasteiger partial charge in [0.15, 0.2) is 0 Å². The van der Waals surface area contributed by atoms with Gasteiger partial charge in [-0.25, -0.2) is 0 Å². The van der Waals surface area contributed by atoms with Crippen LogP contribution in [0.15, 0.2) is 29.2 Å². The van der Waals surface area contributed by atoms with E-state index in [0.717, 1.165) is 12.3 Å². The number of hydrogen-bond donors (Lipinski definition) is 2. The predicted octanol–water partition coefficient (Wildman–Crippen LogP) is 1.46. The van der Waals surface area contributed by atoms with Crippen molar-refractivity contribution >= 4 is 11.8 Å². The van der Waals surface area contributed by atoms with Crippen molar-refractivity contribution in [2.45, 2.75) is 10.8 Å². The number of thioether (sulfide) groups is 1. The monoisotopic (exact) mass is 209 g/mol. The Kier molecular flexibility index (Phi) is 3.45. The van der Waals surface area contributed by atoms with E-state index in [4.69, 9.17) is 5.11 Å². The molecule has 1 aliphatic rings. The second-order valence-electron chi connectivity index (χ2n) is 3.47.